The Morgan fingerprint density at radius 3 is 1.27 bits per heavy atom. The number of carbonyl (C=O) groups is 15. The van der Waals surface area contributed by atoms with Gasteiger partial charge in [0, 0.05) is 32.2 Å². The van der Waals surface area contributed by atoms with Gasteiger partial charge in [0.1, 0.15) is 72.5 Å². The number of nitrogens with zero attached hydrogens (tertiary/aromatic N) is 1. The predicted molar refractivity (Wildman–Crippen MR) is 351 cm³/mol. The number of aliphatic imine (C=N–C) groups is 1. The number of nitrogens with two attached hydrogens (primary N) is 5. The van der Waals surface area contributed by atoms with Crippen molar-refractivity contribution in [1.82, 2.24) is 58.5 Å². The molecule has 0 bridgehead atoms. The smallest absolute Gasteiger partial charge is 0.325 e. The second-order valence-corrected chi connectivity index (χ2v) is 24.1. The molecular formula is C59H97N17O21S. The monoisotopic (exact) mass is 1410 g/mol. The number of carbonyl (C=O) groups excluding carboxylic acids is 13. The van der Waals surface area contributed by atoms with Gasteiger partial charge in [0.05, 0.1) is 24.9 Å². The van der Waals surface area contributed by atoms with Crippen LogP contribution >= 0.6 is 11.8 Å². The van der Waals surface area contributed by atoms with Crippen LogP contribution in [-0.2, 0) is 78.3 Å². The van der Waals surface area contributed by atoms with E-state index in [1.807, 2.05) is 0 Å². The van der Waals surface area contributed by atoms with Crippen molar-refractivity contribution in [2.75, 3.05) is 25.2 Å². The van der Waals surface area contributed by atoms with Gasteiger partial charge in [-0.3, -0.25) is 76.9 Å². The molecule has 27 N–H and O–H groups in total. The first kappa shape index (κ1) is 86.7. The number of nitrogens with one attached hydrogen (secondary N) is 11. The number of carboxylic acid groups (broad SMARTS) is 2. The minimum Gasteiger partial charge on any atom is -0.481 e. The lowest BCUT2D eigenvalue weighted by atomic mass is 9.96. The molecule has 0 heterocycles. The lowest BCUT2D eigenvalue weighted by molar-refractivity contribution is -0.142. The van der Waals surface area contributed by atoms with Crippen molar-refractivity contribution in [2.24, 2.45) is 39.6 Å². The molecule has 0 saturated heterocycles. The molecule has 38 nitrogen and oxygen atoms in total. The molecule has 0 radical (unpaired) electrons. The number of amides is 13. The zero-order valence-corrected chi connectivity index (χ0v) is 56.4. The van der Waals surface area contributed by atoms with Gasteiger partial charge in [0.15, 0.2) is 5.96 Å². The summed E-state index contributed by atoms with van der Waals surface area (Å²) < 4.78 is 0. The summed E-state index contributed by atoms with van der Waals surface area (Å²) in [4.78, 5) is 204. The van der Waals surface area contributed by atoms with Gasteiger partial charge < -0.3 is 118 Å². The van der Waals surface area contributed by atoms with Crippen molar-refractivity contribution in [3.63, 3.8) is 0 Å². The topological polar surface area (TPSA) is 652 Å². The molecule has 0 spiro atoms. The number of aliphatic hydroxyl groups is 4. The van der Waals surface area contributed by atoms with Crippen molar-refractivity contribution in [2.45, 2.75) is 203 Å². The highest BCUT2D eigenvalue weighted by molar-refractivity contribution is 7.98. The zero-order valence-electron chi connectivity index (χ0n) is 55.6. The third-order valence-electron chi connectivity index (χ3n) is 14.9. The Morgan fingerprint density at radius 2 is 0.847 bits per heavy atom. The first-order chi connectivity index (χ1) is 45.9. The number of carboxylic acids is 2. The van der Waals surface area contributed by atoms with E-state index in [1.54, 1.807) is 43.5 Å². The van der Waals surface area contributed by atoms with Gasteiger partial charge in [0.25, 0.3) is 0 Å². The molecule has 13 amide bonds. The maximum absolute atomic E-state index is 14.6. The van der Waals surface area contributed by atoms with Crippen LogP contribution in [0.25, 0.3) is 0 Å². The van der Waals surface area contributed by atoms with Crippen LogP contribution in [0, 0.1) is 5.92 Å². The number of hydrogen-bond donors (Lipinski definition) is 22. The van der Waals surface area contributed by atoms with Crippen LogP contribution < -0.4 is 87.2 Å². The lowest BCUT2D eigenvalue weighted by Gasteiger charge is -2.30. The summed E-state index contributed by atoms with van der Waals surface area (Å²) in [5.74, 6) is -18.1. The van der Waals surface area contributed by atoms with Crippen LogP contribution in [0.5, 0.6) is 0 Å². The summed E-state index contributed by atoms with van der Waals surface area (Å²) in [7, 11) is 0. The van der Waals surface area contributed by atoms with Crippen LogP contribution in [0.4, 0.5) is 0 Å². The van der Waals surface area contributed by atoms with Gasteiger partial charge in [-0.2, -0.15) is 11.8 Å². The molecule has 39 heteroatoms. The largest absolute Gasteiger partial charge is 0.481 e. The maximum atomic E-state index is 14.6. The van der Waals surface area contributed by atoms with E-state index < -0.39 is 231 Å². The van der Waals surface area contributed by atoms with Crippen molar-refractivity contribution in [1.29, 1.82) is 0 Å². The van der Waals surface area contributed by atoms with E-state index in [9.17, 15) is 103 Å². The van der Waals surface area contributed by atoms with Crippen molar-refractivity contribution in [3.8, 4) is 0 Å². The van der Waals surface area contributed by atoms with Crippen molar-refractivity contribution in [3.05, 3.63) is 35.9 Å². The summed E-state index contributed by atoms with van der Waals surface area (Å²) in [5.41, 5.74) is 27.8. The van der Waals surface area contributed by atoms with Crippen LogP contribution in [-0.4, -0.2) is 241 Å². The van der Waals surface area contributed by atoms with Crippen LogP contribution in [0.2, 0.25) is 0 Å². The number of aliphatic carboxylic acids is 2. The third-order valence-corrected chi connectivity index (χ3v) is 15.6. The van der Waals surface area contributed by atoms with Gasteiger partial charge in [-0.15, -0.1) is 0 Å². The van der Waals surface area contributed by atoms with Gasteiger partial charge in [0.2, 0.25) is 76.8 Å². The van der Waals surface area contributed by atoms with Crippen molar-refractivity contribution < 1.29 is 103 Å². The molecule has 0 aromatic heterocycles. The van der Waals surface area contributed by atoms with E-state index in [2.05, 4.69) is 63.5 Å². The van der Waals surface area contributed by atoms with E-state index in [-0.39, 0.29) is 50.4 Å². The summed E-state index contributed by atoms with van der Waals surface area (Å²) in [6, 6.07) is -12.1. The molecule has 1 aromatic rings. The Hall–Kier alpha value is -9.31. The number of benzene rings is 1. The van der Waals surface area contributed by atoms with Crippen LogP contribution in [0.3, 0.4) is 0 Å². The lowest BCUT2D eigenvalue weighted by Crippen LogP contribution is -2.63. The highest BCUT2D eigenvalue weighted by Gasteiger charge is 2.39. The summed E-state index contributed by atoms with van der Waals surface area (Å²) in [6.45, 7) is 6.46. The fraction of sp³-hybridized carbons (Fsp3) is 0.627. The molecular weight excluding hydrogens is 1310 g/mol. The molecule has 16 atom stereocenters. The second-order valence-electron chi connectivity index (χ2n) is 23.1. The molecule has 1 aromatic carbocycles. The highest BCUT2D eigenvalue weighted by Crippen LogP contribution is 2.14. The standard InChI is InChI=1S/C59H97N17O21S/c1-8-27(2)44(55(93)70-33(15-12-23-65-59(63)64)47(85)67-34(16-19-40(60)81)49(87)73-39(26-77)53(91)66-28(3)58(96)97)74-51(89)36(18-21-42(83)84)68-50(88)37(22-24-98-7)69-52(90)38(25-32-13-10-9-11-14-32)72-48(86)35(17-20-41(61)82)71-56(94)45(30(5)79)76-57(95)46(31(6)80)75-54(92)43(62)29(4)78/h9-11,13-14,27-31,33-39,43-46,77-80H,8,12,15-26,62H2,1-7H3,(H2,60,81)(H2,61,82)(H,66,91)(H,67,85)(H,68,88)(H,69,90)(H,70,93)(H,71,94)(H,72,86)(H,73,87)(H,74,89)(H,75,92)(H,76,95)(H,83,84)(H,96,97)(H4,63,64,65)/t27-,28-,29+,30+,31+,33-,34-,35-,36-,37-,38-,39-,43-,44-,45-,46-/m0/s1. The number of guanidine groups is 1. The molecule has 0 aliphatic rings. The Kier molecular flexibility index (Phi) is 39.4. The zero-order chi connectivity index (χ0) is 74.7. The minimum absolute atomic E-state index is 0.0219. The molecule has 1 rings (SSSR count). The SMILES string of the molecule is CC[C@H](C)[C@H](NC(=O)[C@H](CCC(=O)O)NC(=O)[C@H](CCSC)NC(=O)[C@H](Cc1ccccc1)NC(=O)[C@H](CCC(N)=O)NC(=O)[C@@H](NC(=O)[C@@H](NC(=O)[C@@H](N)[C@@H](C)O)[C@@H](C)O)[C@@H](C)O)C(=O)N[C@@H](CCCN=C(N)N)C(=O)N[C@@H](CCC(N)=O)C(=O)N[C@@H](CO)C(=O)N[C@@H](C)C(=O)O. The number of primary amides is 2. The van der Waals surface area contributed by atoms with Gasteiger partial charge >= 0.3 is 11.9 Å². The quantitative estimate of drug-likeness (QED) is 0.0164. The molecule has 550 valence electrons. The highest BCUT2D eigenvalue weighted by atomic mass is 32.2. The number of rotatable bonds is 47. The maximum Gasteiger partial charge on any atom is 0.325 e. The Morgan fingerprint density at radius 1 is 0.469 bits per heavy atom. The average molecular weight is 1410 g/mol. The third kappa shape index (κ3) is 32.2. The van der Waals surface area contributed by atoms with Crippen LogP contribution in [0.1, 0.15) is 111 Å². The Balaban J connectivity index is 3.79. The normalized spacial score (nSPS) is 16.0. The summed E-state index contributed by atoms with van der Waals surface area (Å²) in [5, 5.41) is 85.7. The average Bonchev–Trinajstić information content (AvgIpc) is 0.861. The summed E-state index contributed by atoms with van der Waals surface area (Å²) in [6.07, 6.45) is -7.23. The van der Waals surface area contributed by atoms with Gasteiger partial charge in [-0.25, -0.2) is 0 Å². The molecule has 0 saturated carbocycles. The fourth-order valence-corrected chi connectivity index (χ4v) is 9.39. The fourth-order valence-electron chi connectivity index (χ4n) is 8.92. The van der Waals surface area contributed by atoms with E-state index in [1.165, 1.54) is 25.6 Å². The minimum atomic E-state index is -1.93. The molecule has 0 aliphatic heterocycles. The Bertz CT molecular complexity index is 2920. The van der Waals surface area contributed by atoms with Gasteiger partial charge in [-0.05, 0) is 89.7 Å². The van der Waals surface area contributed by atoms with Crippen LogP contribution in [0.15, 0.2) is 35.3 Å². The van der Waals surface area contributed by atoms with Gasteiger partial charge in [-0.1, -0.05) is 50.6 Å². The predicted octanol–water partition coefficient (Wildman–Crippen LogP) is -8.62. The van der Waals surface area contributed by atoms with E-state index in [0.717, 1.165) is 20.8 Å². The first-order valence-electron chi connectivity index (χ1n) is 31.2. The molecule has 0 unspecified atom stereocenters. The van der Waals surface area contributed by atoms with E-state index in [0.29, 0.717) is 5.56 Å². The van der Waals surface area contributed by atoms with Crippen molar-refractivity contribution >= 4 is 106 Å². The summed E-state index contributed by atoms with van der Waals surface area (Å²) >= 11 is 1.22. The van der Waals surface area contributed by atoms with E-state index in [4.69, 9.17) is 28.7 Å². The van der Waals surface area contributed by atoms with E-state index >= 15 is 0 Å². The number of hydrogen-bond acceptors (Lipinski definition) is 22. The first-order valence-corrected chi connectivity index (χ1v) is 32.6. The number of thioether (sulfide) groups is 1. The second kappa shape index (κ2) is 44.5. The molecule has 0 aliphatic carbocycles. The number of aliphatic hydroxyl groups excluding tert-OH is 4. The molecule has 98 heavy (non-hydrogen) atoms. The molecule has 0 fully saturated rings. The Labute approximate surface area is 569 Å².